The Hall–Kier alpha value is -2.78. The molecular weight excluding hydrogens is 414 g/mol. The van der Waals surface area contributed by atoms with Crippen LogP contribution in [0.4, 0.5) is 5.69 Å². The van der Waals surface area contributed by atoms with Gasteiger partial charge in [0.25, 0.3) is 0 Å². The molecule has 0 saturated carbocycles. The highest BCUT2D eigenvalue weighted by atomic mass is 32.2. The van der Waals surface area contributed by atoms with Gasteiger partial charge in [-0.1, -0.05) is 23.8 Å². The summed E-state index contributed by atoms with van der Waals surface area (Å²) in [5.41, 5.74) is 3.19. The van der Waals surface area contributed by atoms with Crippen LogP contribution >= 0.6 is 0 Å². The van der Waals surface area contributed by atoms with Gasteiger partial charge in [-0.2, -0.15) is 4.31 Å². The first-order chi connectivity index (χ1) is 14.9. The number of rotatable bonds is 7. The number of aryl methyl sites for hydroxylation is 2. The second-order valence-electron chi connectivity index (χ2n) is 7.95. The summed E-state index contributed by atoms with van der Waals surface area (Å²) in [5.74, 6) is -0.0510. The molecule has 164 valence electrons. The van der Waals surface area contributed by atoms with Crippen molar-refractivity contribution in [1.82, 2.24) is 19.3 Å². The summed E-state index contributed by atoms with van der Waals surface area (Å²) in [4.78, 5) is 12.4. The number of piperidine rings is 1. The van der Waals surface area contributed by atoms with Gasteiger partial charge in [0.2, 0.25) is 15.9 Å². The zero-order chi connectivity index (χ0) is 21.8. The van der Waals surface area contributed by atoms with Crippen molar-refractivity contribution in [2.24, 2.45) is 0 Å². The lowest BCUT2D eigenvalue weighted by Crippen LogP contribution is -2.35. The molecule has 0 bridgehead atoms. The number of carbonyl (C=O) groups excluding carboxylic acids is 1. The average molecular weight is 442 g/mol. The molecule has 1 aliphatic rings. The highest BCUT2D eigenvalue weighted by molar-refractivity contribution is 7.89. The van der Waals surface area contributed by atoms with Crippen molar-refractivity contribution in [3.8, 4) is 0 Å². The monoisotopic (exact) mass is 441 g/mol. The van der Waals surface area contributed by atoms with Crippen LogP contribution in [0.5, 0.6) is 0 Å². The molecule has 1 aliphatic heterocycles. The van der Waals surface area contributed by atoms with Crippen LogP contribution in [0.1, 0.15) is 37.7 Å². The van der Waals surface area contributed by atoms with Crippen molar-refractivity contribution in [2.75, 3.05) is 18.4 Å². The van der Waals surface area contributed by atoms with Crippen molar-refractivity contribution in [2.45, 2.75) is 50.5 Å². The van der Waals surface area contributed by atoms with Crippen LogP contribution in [0.2, 0.25) is 0 Å². The van der Waals surface area contributed by atoms with Gasteiger partial charge in [0.05, 0.1) is 10.4 Å². The van der Waals surface area contributed by atoms with Gasteiger partial charge in [0.15, 0.2) is 0 Å². The number of anilines is 1. The lowest BCUT2D eigenvalue weighted by atomic mass is 10.2. The van der Waals surface area contributed by atoms with Crippen LogP contribution in [0, 0.1) is 6.92 Å². The van der Waals surface area contributed by atoms with Crippen LogP contribution in [-0.4, -0.2) is 46.7 Å². The summed E-state index contributed by atoms with van der Waals surface area (Å²) in [6.07, 6.45) is 3.83. The lowest BCUT2D eigenvalue weighted by Gasteiger charge is -2.25. The van der Waals surface area contributed by atoms with Gasteiger partial charge in [0.1, 0.15) is 5.52 Å². The number of fused-ring (bicyclic) bond motifs is 1. The molecule has 31 heavy (non-hydrogen) atoms. The van der Waals surface area contributed by atoms with E-state index in [4.69, 9.17) is 0 Å². The molecule has 0 spiro atoms. The topological polar surface area (TPSA) is 97.2 Å². The minimum absolute atomic E-state index is 0.0510. The van der Waals surface area contributed by atoms with E-state index < -0.39 is 10.0 Å². The molecule has 1 fully saturated rings. The highest BCUT2D eigenvalue weighted by Crippen LogP contribution is 2.23. The quantitative estimate of drug-likeness (QED) is 0.607. The molecule has 0 aliphatic carbocycles. The Labute approximate surface area is 182 Å². The van der Waals surface area contributed by atoms with E-state index in [2.05, 4.69) is 15.6 Å². The SMILES string of the molecule is Cc1cccc(NC(=O)CCCn2nnc3cc(S(=O)(=O)N4CCCCC4)ccc32)c1. The largest absolute Gasteiger partial charge is 0.326 e. The number of amides is 1. The van der Waals surface area contributed by atoms with E-state index in [-0.39, 0.29) is 10.8 Å². The van der Waals surface area contributed by atoms with Crippen LogP contribution in [-0.2, 0) is 21.4 Å². The smallest absolute Gasteiger partial charge is 0.243 e. The van der Waals surface area contributed by atoms with Crippen LogP contribution < -0.4 is 5.32 Å². The maximum absolute atomic E-state index is 12.9. The van der Waals surface area contributed by atoms with Crippen LogP contribution in [0.25, 0.3) is 11.0 Å². The van der Waals surface area contributed by atoms with Gasteiger partial charge in [-0.15, -0.1) is 5.10 Å². The molecule has 1 amide bonds. The molecule has 8 nitrogen and oxygen atoms in total. The minimum atomic E-state index is -3.50. The summed E-state index contributed by atoms with van der Waals surface area (Å²) in [7, 11) is -3.50. The minimum Gasteiger partial charge on any atom is -0.326 e. The van der Waals surface area contributed by atoms with Crippen LogP contribution in [0.3, 0.4) is 0 Å². The maximum atomic E-state index is 12.9. The number of benzene rings is 2. The summed E-state index contributed by atoms with van der Waals surface area (Å²) in [5, 5.41) is 11.2. The number of hydrogen-bond acceptors (Lipinski definition) is 5. The molecule has 3 aromatic rings. The van der Waals surface area contributed by atoms with Crippen molar-refractivity contribution in [3.63, 3.8) is 0 Å². The Kier molecular flexibility index (Phi) is 6.33. The maximum Gasteiger partial charge on any atom is 0.243 e. The standard InChI is InChI=1S/C22H27N5O3S/c1-17-7-5-8-18(15-17)23-22(28)9-6-14-27-21-11-10-19(16-20(21)24-25-27)31(29,30)26-12-3-2-4-13-26/h5,7-8,10-11,15-16H,2-4,6,9,12-14H2,1H3,(H,23,28). The average Bonchev–Trinajstić information content (AvgIpc) is 3.17. The summed E-state index contributed by atoms with van der Waals surface area (Å²) in [6.45, 7) is 3.64. The number of aromatic nitrogens is 3. The first-order valence-electron chi connectivity index (χ1n) is 10.6. The van der Waals surface area contributed by atoms with Crippen molar-refractivity contribution >= 4 is 32.7 Å². The molecule has 0 atom stereocenters. The predicted octanol–water partition coefficient (Wildman–Crippen LogP) is 3.33. The first-order valence-corrected chi connectivity index (χ1v) is 12.1. The van der Waals surface area contributed by atoms with Gasteiger partial charge in [0, 0.05) is 31.7 Å². The molecule has 1 N–H and O–H groups in total. The van der Waals surface area contributed by atoms with Crippen molar-refractivity contribution in [1.29, 1.82) is 0 Å². The fraction of sp³-hybridized carbons (Fsp3) is 0.409. The first kappa shape index (κ1) is 21.5. The number of carbonyl (C=O) groups is 1. The molecule has 9 heteroatoms. The third-order valence-corrected chi connectivity index (χ3v) is 7.41. The van der Waals surface area contributed by atoms with Gasteiger partial charge in [-0.05, 0) is 62.1 Å². The van der Waals surface area contributed by atoms with E-state index in [0.29, 0.717) is 38.0 Å². The zero-order valence-electron chi connectivity index (χ0n) is 17.6. The molecule has 4 rings (SSSR count). The number of nitrogens with one attached hydrogen (secondary N) is 1. The van der Waals surface area contributed by atoms with Gasteiger partial charge < -0.3 is 5.32 Å². The Bertz CT molecular complexity index is 1180. The third kappa shape index (κ3) is 4.94. The van der Waals surface area contributed by atoms with E-state index in [1.165, 1.54) is 0 Å². The number of hydrogen-bond donors (Lipinski definition) is 1. The normalized spacial score (nSPS) is 15.3. The molecule has 1 saturated heterocycles. The Balaban J connectivity index is 1.38. The molecule has 2 heterocycles. The summed E-state index contributed by atoms with van der Waals surface area (Å²) < 4.78 is 29.0. The van der Waals surface area contributed by atoms with E-state index in [1.807, 2.05) is 31.2 Å². The number of sulfonamides is 1. The third-order valence-electron chi connectivity index (χ3n) is 5.51. The Morgan fingerprint density at radius 2 is 1.90 bits per heavy atom. The van der Waals surface area contributed by atoms with Crippen molar-refractivity contribution < 1.29 is 13.2 Å². The predicted molar refractivity (Wildman–Crippen MR) is 119 cm³/mol. The van der Waals surface area contributed by atoms with E-state index in [0.717, 1.165) is 36.0 Å². The molecule has 2 aromatic carbocycles. The lowest BCUT2D eigenvalue weighted by molar-refractivity contribution is -0.116. The Morgan fingerprint density at radius 3 is 2.68 bits per heavy atom. The van der Waals surface area contributed by atoms with Crippen LogP contribution in [0.15, 0.2) is 47.4 Å². The van der Waals surface area contributed by atoms with Gasteiger partial charge in [-0.25, -0.2) is 13.1 Å². The summed E-state index contributed by atoms with van der Waals surface area (Å²) in [6, 6.07) is 12.6. The fourth-order valence-electron chi connectivity index (χ4n) is 3.87. The highest BCUT2D eigenvalue weighted by Gasteiger charge is 2.26. The molecule has 0 unspecified atom stereocenters. The van der Waals surface area contributed by atoms with E-state index in [9.17, 15) is 13.2 Å². The molecular formula is C22H27N5O3S. The van der Waals surface area contributed by atoms with Gasteiger partial charge in [-0.3, -0.25) is 4.79 Å². The second kappa shape index (κ2) is 9.15. The second-order valence-corrected chi connectivity index (χ2v) is 9.89. The number of nitrogens with zero attached hydrogens (tertiary/aromatic N) is 4. The summed E-state index contributed by atoms with van der Waals surface area (Å²) >= 11 is 0. The van der Waals surface area contributed by atoms with Gasteiger partial charge >= 0.3 is 0 Å². The molecule has 1 aromatic heterocycles. The van der Waals surface area contributed by atoms with E-state index >= 15 is 0 Å². The van der Waals surface area contributed by atoms with E-state index in [1.54, 1.807) is 27.2 Å². The molecule has 0 radical (unpaired) electrons. The Morgan fingerprint density at radius 1 is 1.10 bits per heavy atom. The zero-order valence-corrected chi connectivity index (χ0v) is 18.4. The fourth-order valence-corrected chi connectivity index (χ4v) is 5.41. The van der Waals surface area contributed by atoms with Crippen molar-refractivity contribution in [3.05, 3.63) is 48.0 Å².